The van der Waals surface area contributed by atoms with Crippen molar-refractivity contribution in [2.45, 2.75) is 19.3 Å². The topological polar surface area (TPSA) is 80.9 Å². The largest absolute Gasteiger partial charge is 0.365 e. The van der Waals surface area contributed by atoms with E-state index >= 15 is 0 Å². The van der Waals surface area contributed by atoms with Crippen molar-refractivity contribution in [1.29, 1.82) is 0 Å². The van der Waals surface area contributed by atoms with Gasteiger partial charge in [-0.15, -0.1) is 24.8 Å². The van der Waals surface area contributed by atoms with Crippen LogP contribution >= 0.6 is 24.8 Å². The van der Waals surface area contributed by atoms with Gasteiger partial charge in [0.05, 0.1) is 11.3 Å². The molecule has 17 heavy (non-hydrogen) atoms. The van der Waals surface area contributed by atoms with Gasteiger partial charge in [0.15, 0.2) is 0 Å². The van der Waals surface area contributed by atoms with Gasteiger partial charge in [-0.05, 0) is 19.9 Å². The van der Waals surface area contributed by atoms with E-state index in [4.69, 9.17) is 5.73 Å². The lowest BCUT2D eigenvalue weighted by Crippen LogP contribution is -2.16. The maximum atomic E-state index is 11.0. The fourth-order valence-electron chi connectivity index (χ4n) is 1.80. The molecule has 0 aliphatic carbocycles. The number of nitrogens with two attached hydrogens (primary N) is 1. The predicted octanol–water partition coefficient (Wildman–Crippen LogP) is 0.804. The molecule has 1 aliphatic rings. The van der Waals surface area contributed by atoms with E-state index in [1.165, 1.54) is 6.20 Å². The van der Waals surface area contributed by atoms with Crippen molar-refractivity contribution in [2.24, 2.45) is 5.73 Å². The lowest BCUT2D eigenvalue weighted by Gasteiger charge is -2.08. The van der Waals surface area contributed by atoms with E-state index in [0.717, 1.165) is 25.3 Å². The van der Waals surface area contributed by atoms with Gasteiger partial charge in [0.25, 0.3) is 5.91 Å². The Labute approximate surface area is 112 Å². The molecule has 0 spiro atoms. The molecule has 96 valence electrons. The van der Waals surface area contributed by atoms with E-state index in [-0.39, 0.29) is 24.8 Å². The molecule has 0 radical (unpaired) electrons. The molecular formula is C10H16Cl2N4O. The summed E-state index contributed by atoms with van der Waals surface area (Å²) in [6.45, 7) is 3.70. The highest BCUT2D eigenvalue weighted by Crippen LogP contribution is 2.19. The zero-order chi connectivity index (χ0) is 10.8. The summed E-state index contributed by atoms with van der Waals surface area (Å²) in [5, 5.41) is 3.26. The van der Waals surface area contributed by atoms with Crippen LogP contribution in [0.4, 0.5) is 0 Å². The van der Waals surface area contributed by atoms with Crippen LogP contribution in [0.25, 0.3) is 0 Å². The molecule has 1 amide bonds. The molecular weight excluding hydrogens is 263 g/mol. The van der Waals surface area contributed by atoms with Gasteiger partial charge in [-0.2, -0.15) is 0 Å². The molecule has 1 aliphatic heterocycles. The third kappa shape index (κ3) is 3.52. The van der Waals surface area contributed by atoms with Crippen LogP contribution in [0.15, 0.2) is 6.20 Å². The van der Waals surface area contributed by atoms with Crippen LogP contribution < -0.4 is 11.1 Å². The van der Waals surface area contributed by atoms with Gasteiger partial charge in [-0.3, -0.25) is 4.79 Å². The number of carbonyl (C=O) groups excluding carboxylic acids is 1. The number of primary amides is 1. The number of nitrogens with zero attached hydrogens (tertiary/aromatic N) is 2. The lowest BCUT2D eigenvalue weighted by atomic mass is 10.1. The number of aromatic nitrogens is 2. The van der Waals surface area contributed by atoms with E-state index in [9.17, 15) is 4.79 Å². The summed E-state index contributed by atoms with van der Waals surface area (Å²) in [5.41, 5.74) is 6.26. The Hall–Kier alpha value is -0.910. The number of carbonyl (C=O) groups is 1. The summed E-state index contributed by atoms with van der Waals surface area (Å²) in [6.07, 6.45) is 2.58. The van der Waals surface area contributed by atoms with Gasteiger partial charge in [0.2, 0.25) is 0 Å². The van der Waals surface area contributed by atoms with Crippen LogP contribution in [0, 0.1) is 6.92 Å². The molecule has 2 heterocycles. The first kappa shape index (κ1) is 16.1. The fourth-order valence-corrected chi connectivity index (χ4v) is 1.80. The van der Waals surface area contributed by atoms with Crippen molar-refractivity contribution in [1.82, 2.24) is 15.3 Å². The average molecular weight is 279 g/mol. The van der Waals surface area contributed by atoms with E-state index in [0.29, 0.717) is 17.2 Å². The minimum atomic E-state index is -0.469. The Morgan fingerprint density at radius 1 is 1.53 bits per heavy atom. The minimum Gasteiger partial charge on any atom is -0.365 e. The Kier molecular flexibility index (Phi) is 6.37. The molecule has 1 fully saturated rings. The first-order valence-electron chi connectivity index (χ1n) is 5.02. The van der Waals surface area contributed by atoms with Gasteiger partial charge in [0, 0.05) is 18.7 Å². The monoisotopic (exact) mass is 278 g/mol. The molecule has 1 aromatic rings. The Morgan fingerprint density at radius 2 is 2.24 bits per heavy atom. The third-order valence-electron chi connectivity index (χ3n) is 2.69. The first-order valence-corrected chi connectivity index (χ1v) is 5.02. The van der Waals surface area contributed by atoms with E-state index in [2.05, 4.69) is 15.3 Å². The second-order valence-corrected chi connectivity index (χ2v) is 3.78. The summed E-state index contributed by atoms with van der Waals surface area (Å²) >= 11 is 0. The smallest absolute Gasteiger partial charge is 0.252 e. The second kappa shape index (κ2) is 6.74. The number of halogens is 2. The highest BCUT2D eigenvalue weighted by molar-refractivity contribution is 5.93. The van der Waals surface area contributed by atoms with Crippen LogP contribution in [0.5, 0.6) is 0 Å². The highest BCUT2D eigenvalue weighted by Gasteiger charge is 2.20. The van der Waals surface area contributed by atoms with Gasteiger partial charge in [-0.1, -0.05) is 0 Å². The SMILES string of the molecule is Cc1nc(C2CCNC2)ncc1C(N)=O.Cl.Cl. The number of amides is 1. The highest BCUT2D eigenvalue weighted by atomic mass is 35.5. The van der Waals surface area contributed by atoms with Crippen LogP contribution in [0.1, 0.15) is 34.2 Å². The molecule has 3 N–H and O–H groups in total. The predicted molar refractivity (Wildman–Crippen MR) is 70.0 cm³/mol. The van der Waals surface area contributed by atoms with Gasteiger partial charge < -0.3 is 11.1 Å². The lowest BCUT2D eigenvalue weighted by molar-refractivity contribution is 0.0999. The zero-order valence-electron chi connectivity index (χ0n) is 9.47. The molecule has 1 atom stereocenters. The number of hydrogen-bond acceptors (Lipinski definition) is 4. The molecule has 1 aromatic heterocycles. The normalized spacial score (nSPS) is 18.1. The summed E-state index contributed by atoms with van der Waals surface area (Å²) in [7, 11) is 0. The van der Waals surface area contributed by atoms with Crippen molar-refractivity contribution in [2.75, 3.05) is 13.1 Å². The number of nitrogens with one attached hydrogen (secondary N) is 1. The summed E-state index contributed by atoms with van der Waals surface area (Å²) in [4.78, 5) is 19.5. The quantitative estimate of drug-likeness (QED) is 0.839. The van der Waals surface area contributed by atoms with Crippen molar-refractivity contribution < 1.29 is 4.79 Å². The van der Waals surface area contributed by atoms with Crippen molar-refractivity contribution in [3.05, 3.63) is 23.3 Å². The van der Waals surface area contributed by atoms with Gasteiger partial charge in [-0.25, -0.2) is 9.97 Å². The standard InChI is InChI=1S/C10H14N4O.2ClH/c1-6-8(9(11)15)5-13-10(14-6)7-2-3-12-4-7;;/h5,7,12H,2-4H2,1H3,(H2,11,15);2*1H. The molecule has 0 aromatic carbocycles. The summed E-state index contributed by atoms with van der Waals surface area (Å²) in [6, 6.07) is 0. The second-order valence-electron chi connectivity index (χ2n) is 3.78. The molecule has 0 bridgehead atoms. The summed E-state index contributed by atoms with van der Waals surface area (Å²) in [5.74, 6) is 0.705. The molecule has 5 nitrogen and oxygen atoms in total. The minimum absolute atomic E-state index is 0. The van der Waals surface area contributed by atoms with Crippen molar-refractivity contribution in [3.8, 4) is 0 Å². The van der Waals surface area contributed by atoms with E-state index < -0.39 is 5.91 Å². The van der Waals surface area contributed by atoms with E-state index in [1.807, 2.05) is 0 Å². The van der Waals surface area contributed by atoms with E-state index in [1.54, 1.807) is 6.92 Å². The third-order valence-corrected chi connectivity index (χ3v) is 2.69. The number of aryl methyl sites for hydroxylation is 1. The van der Waals surface area contributed by atoms with Crippen LogP contribution in [0.2, 0.25) is 0 Å². The zero-order valence-corrected chi connectivity index (χ0v) is 11.1. The Balaban J connectivity index is 0.00000128. The molecule has 2 rings (SSSR count). The number of hydrogen-bond donors (Lipinski definition) is 2. The first-order chi connectivity index (χ1) is 7.18. The maximum absolute atomic E-state index is 11.0. The molecule has 1 unspecified atom stereocenters. The van der Waals surface area contributed by atoms with Crippen LogP contribution in [-0.2, 0) is 0 Å². The Bertz CT molecular complexity index is 394. The molecule has 1 saturated heterocycles. The van der Waals surface area contributed by atoms with Crippen molar-refractivity contribution in [3.63, 3.8) is 0 Å². The summed E-state index contributed by atoms with van der Waals surface area (Å²) < 4.78 is 0. The van der Waals surface area contributed by atoms with Crippen LogP contribution in [0.3, 0.4) is 0 Å². The number of rotatable bonds is 2. The van der Waals surface area contributed by atoms with Gasteiger partial charge in [0.1, 0.15) is 5.82 Å². The molecule has 0 saturated carbocycles. The Morgan fingerprint density at radius 3 is 2.71 bits per heavy atom. The maximum Gasteiger partial charge on any atom is 0.252 e. The van der Waals surface area contributed by atoms with Crippen molar-refractivity contribution >= 4 is 30.7 Å². The van der Waals surface area contributed by atoms with Gasteiger partial charge >= 0.3 is 0 Å². The molecule has 7 heteroatoms. The average Bonchev–Trinajstić information content (AvgIpc) is 2.69. The fraction of sp³-hybridized carbons (Fsp3) is 0.500. The van der Waals surface area contributed by atoms with Crippen LogP contribution in [-0.4, -0.2) is 29.0 Å².